The predicted octanol–water partition coefficient (Wildman–Crippen LogP) is 6.97. The van der Waals surface area contributed by atoms with E-state index in [1.165, 1.54) is 23.1 Å². The van der Waals surface area contributed by atoms with Gasteiger partial charge in [-0.25, -0.2) is 0 Å². The Bertz CT molecular complexity index is 489. The molecule has 1 nitrogen and oxygen atoms in total. The van der Waals surface area contributed by atoms with E-state index in [1.54, 1.807) is 7.11 Å². The number of hydrogen-bond acceptors (Lipinski definition) is 1. The largest absolute Gasteiger partial charge is 0.496 e. The molecule has 2 atom stereocenters. The Morgan fingerprint density at radius 1 is 1.24 bits per heavy atom. The zero-order valence-electron chi connectivity index (χ0n) is 14.3. The average Bonchev–Trinajstić information content (AvgIpc) is 2.30. The second-order valence-corrected chi connectivity index (χ2v) is 9.28. The summed E-state index contributed by atoms with van der Waals surface area (Å²) in [6, 6.07) is 2.13. The van der Waals surface area contributed by atoms with E-state index >= 15 is 0 Å². The first-order valence-corrected chi connectivity index (χ1v) is 9.25. The normalized spacial score (nSPS) is 14.9. The van der Waals surface area contributed by atoms with E-state index in [0.29, 0.717) is 16.2 Å². The van der Waals surface area contributed by atoms with E-state index in [2.05, 4.69) is 79.5 Å². The van der Waals surface area contributed by atoms with Crippen molar-refractivity contribution in [3.05, 3.63) is 27.2 Å². The summed E-state index contributed by atoms with van der Waals surface area (Å²) in [5.74, 6) is 1.68. The first kappa shape index (κ1) is 19.0. The van der Waals surface area contributed by atoms with Crippen molar-refractivity contribution in [1.29, 1.82) is 0 Å². The molecule has 0 fully saturated rings. The van der Waals surface area contributed by atoms with E-state index in [4.69, 9.17) is 4.74 Å². The van der Waals surface area contributed by atoms with Gasteiger partial charge in [0.15, 0.2) is 0 Å². The summed E-state index contributed by atoms with van der Waals surface area (Å²) >= 11 is 7.57. The van der Waals surface area contributed by atoms with Crippen LogP contribution in [0.2, 0.25) is 0 Å². The Labute approximate surface area is 147 Å². The van der Waals surface area contributed by atoms with Crippen molar-refractivity contribution in [2.75, 3.05) is 7.11 Å². The van der Waals surface area contributed by atoms with E-state index in [1.807, 2.05) is 0 Å². The summed E-state index contributed by atoms with van der Waals surface area (Å²) in [5, 5.41) is 0. The third kappa shape index (κ3) is 5.28. The SMILES string of the molecule is COc1c(C)cc(Br)c(C)c1C(Br)CC(C)CC(C)(C)C. The highest BCUT2D eigenvalue weighted by molar-refractivity contribution is 9.10. The van der Waals surface area contributed by atoms with Gasteiger partial charge in [-0.15, -0.1) is 0 Å². The monoisotopic (exact) mass is 418 g/mol. The lowest BCUT2D eigenvalue weighted by atomic mass is 9.82. The van der Waals surface area contributed by atoms with Gasteiger partial charge in [0.2, 0.25) is 0 Å². The summed E-state index contributed by atoms with van der Waals surface area (Å²) < 4.78 is 6.82. The van der Waals surface area contributed by atoms with Gasteiger partial charge in [0.25, 0.3) is 0 Å². The molecule has 2 unspecified atom stereocenters. The smallest absolute Gasteiger partial charge is 0.126 e. The number of alkyl halides is 1. The molecule has 0 aromatic heterocycles. The second-order valence-electron chi connectivity index (χ2n) is 7.32. The van der Waals surface area contributed by atoms with Gasteiger partial charge in [0, 0.05) is 14.9 Å². The van der Waals surface area contributed by atoms with Gasteiger partial charge in [-0.05, 0) is 55.2 Å². The zero-order valence-corrected chi connectivity index (χ0v) is 17.5. The van der Waals surface area contributed by atoms with E-state index in [9.17, 15) is 0 Å². The number of benzene rings is 1. The minimum Gasteiger partial charge on any atom is -0.496 e. The molecule has 0 aliphatic carbocycles. The first-order chi connectivity index (χ1) is 9.56. The maximum Gasteiger partial charge on any atom is 0.126 e. The number of halogens is 2. The summed E-state index contributed by atoms with van der Waals surface area (Å²) in [7, 11) is 1.76. The van der Waals surface area contributed by atoms with Gasteiger partial charge >= 0.3 is 0 Å². The maximum atomic E-state index is 5.66. The standard InChI is InChI=1S/C18H28Br2O/c1-11(10-18(4,5)6)8-15(20)16-13(3)14(19)9-12(2)17(16)21-7/h9,11,15H,8,10H2,1-7H3. The number of hydrogen-bond donors (Lipinski definition) is 0. The first-order valence-electron chi connectivity index (χ1n) is 7.54. The molecule has 0 spiro atoms. The van der Waals surface area contributed by atoms with E-state index < -0.39 is 0 Å². The minimum atomic E-state index is 0.320. The molecule has 120 valence electrons. The van der Waals surface area contributed by atoms with Crippen LogP contribution in [0.25, 0.3) is 0 Å². The highest BCUT2D eigenvalue weighted by Crippen LogP contribution is 2.43. The molecular weight excluding hydrogens is 392 g/mol. The minimum absolute atomic E-state index is 0.320. The molecule has 0 heterocycles. The van der Waals surface area contributed by atoms with Gasteiger partial charge in [-0.1, -0.05) is 59.6 Å². The Balaban J connectivity index is 3.04. The Morgan fingerprint density at radius 3 is 2.29 bits per heavy atom. The molecule has 0 saturated heterocycles. The molecule has 0 N–H and O–H groups in total. The lowest BCUT2D eigenvalue weighted by Gasteiger charge is -2.26. The highest BCUT2D eigenvalue weighted by atomic mass is 79.9. The van der Waals surface area contributed by atoms with Crippen molar-refractivity contribution in [3.8, 4) is 5.75 Å². The van der Waals surface area contributed by atoms with Crippen molar-refractivity contribution < 1.29 is 4.74 Å². The summed E-state index contributed by atoms with van der Waals surface area (Å²) in [6.45, 7) is 13.5. The van der Waals surface area contributed by atoms with Crippen molar-refractivity contribution in [2.24, 2.45) is 11.3 Å². The van der Waals surface area contributed by atoms with Crippen molar-refractivity contribution in [1.82, 2.24) is 0 Å². The van der Waals surface area contributed by atoms with Crippen LogP contribution in [-0.4, -0.2) is 7.11 Å². The van der Waals surface area contributed by atoms with Gasteiger partial charge in [0.05, 0.1) is 7.11 Å². The molecule has 1 aromatic rings. The molecule has 1 rings (SSSR count). The van der Waals surface area contributed by atoms with Crippen LogP contribution in [0.15, 0.2) is 10.5 Å². The Kier molecular flexibility index (Phi) is 6.80. The Hall–Kier alpha value is -0.0200. The van der Waals surface area contributed by atoms with Crippen molar-refractivity contribution in [3.63, 3.8) is 0 Å². The summed E-state index contributed by atoms with van der Waals surface area (Å²) in [5.41, 5.74) is 4.10. The molecule has 0 saturated carbocycles. The third-order valence-corrected chi connectivity index (χ3v) is 5.45. The van der Waals surface area contributed by atoms with Crippen molar-refractivity contribution in [2.45, 2.75) is 59.2 Å². The molecule has 0 radical (unpaired) electrons. The fraction of sp³-hybridized carbons (Fsp3) is 0.667. The van der Waals surface area contributed by atoms with Crippen LogP contribution >= 0.6 is 31.9 Å². The van der Waals surface area contributed by atoms with Crippen LogP contribution in [0.4, 0.5) is 0 Å². The van der Waals surface area contributed by atoms with Gasteiger partial charge < -0.3 is 4.74 Å². The van der Waals surface area contributed by atoms with Crippen LogP contribution in [0.5, 0.6) is 5.75 Å². The summed E-state index contributed by atoms with van der Waals surface area (Å²) in [4.78, 5) is 0.320. The maximum absolute atomic E-state index is 5.66. The van der Waals surface area contributed by atoms with E-state index in [-0.39, 0.29) is 0 Å². The van der Waals surface area contributed by atoms with Gasteiger partial charge in [-0.3, -0.25) is 0 Å². The fourth-order valence-electron chi connectivity index (χ4n) is 3.12. The predicted molar refractivity (Wildman–Crippen MR) is 99.7 cm³/mol. The second kappa shape index (κ2) is 7.50. The molecule has 0 aliphatic heterocycles. The lowest BCUT2D eigenvalue weighted by molar-refractivity contribution is 0.295. The van der Waals surface area contributed by atoms with Crippen LogP contribution in [0, 0.1) is 25.2 Å². The lowest BCUT2D eigenvalue weighted by Crippen LogP contribution is -2.13. The van der Waals surface area contributed by atoms with Gasteiger partial charge in [0.1, 0.15) is 5.75 Å². The zero-order chi connectivity index (χ0) is 16.4. The fourth-order valence-corrected chi connectivity index (χ4v) is 4.87. The van der Waals surface area contributed by atoms with Crippen LogP contribution < -0.4 is 4.74 Å². The molecule has 21 heavy (non-hydrogen) atoms. The van der Waals surface area contributed by atoms with E-state index in [0.717, 1.165) is 16.6 Å². The average molecular weight is 420 g/mol. The quantitative estimate of drug-likeness (QED) is 0.468. The van der Waals surface area contributed by atoms with Crippen molar-refractivity contribution >= 4 is 31.9 Å². The van der Waals surface area contributed by atoms with Crippen LogP contribution in [0.1, 0.15) is 62.1 Å². The number of aryl methyl sites for hydroxylation is 1. The molecule has 1 aromatic carbocycles. The summed E-state index contributed by atoms with van der Waals surface area (Å²) in [6.07, 6.45) is 2.34. The molecule has 3 heteroatoms. The Morgan fingerprint density at radius 2 is 1.81 bits per heavy atom. The molecule has 0 amide bonds. The van der Waals surface area contributed by atoms with Crippen LogP contribution in [0.3, 0.4) is 0 Å². The van der Waals surface area contributed by atoms with Crippen LogP contribution in [-0.2, 0) is 0 Å². The molecule has 0 aliphatic rings. The number of methoxy groups -OCH3 is 1. The van der Waals surface area contributed by atoms with Gasteiger partial charge in [-0.2, -0.15) is 0 Å². The topological polar surface area (TPSA) is 9.23 Å². The number of rotatable bonds is 5. The highest BCUT2D eigenvalue weighted by Gasteiger charge is 2.23. The third-order valence-electron chi connectivity index (χ3n) is 3.80. The molecular formula is C18H28Br2O. The molecule has 0 bridgehead atoms. The number of ether oxygens (including phenoxy) is 1.